The van der Waals surface area contributed by atoms with E-state index in [1.807, 2.05) is 31.2 Å². The van der Waals surface area contributed by atoms with Crippen molar-refractivity contribution in [3.05, 3.63) is 29.8 Å². The molecule has 118 valence electrons. The fourth-order valence-corrected chi connectivity index (χ4v) is 1.70. The SMILES string of the molecule is CCC(CO)NC(=O)NCc1cccc(OCC(C)C)c1. The average molecular weight is 294 g/mol. The quantitative estimate of drug-likeness (QED) is 0.689. The zero-order chi connectivity index (χ0) is 15.7. The molecule has 0 aromatic heterocycles. The molecular formula is C16H26N2O3. The van der Waals surface area contributed by atoms with Gasteiger partial charge in [0.2, 0.25) is 0 Å². The first-order chi connectivity index (χ1) is 10.0. The third-order valence-corrected chi connectivity index (χ3v) is 2.98. The fourth-order valence-electron chi connectivity index (χ4n) is 1.70. The lowest BCUT2D eigenvalue weighted by Crippen LogP contribution is -2.43. The molecule has 0 aliphatic rings. The Hall–Kier alpha value is -1.75. The zero-order valence-corrected chi connectivity index (χ0v) is 13.1. The van der Waals surface area contributed by atoms with Gasteiger partial charge in [0.1, 0.15) is 5.75 Å². The van der Waals surface area contributed by atoms with Gasteiger partial charge in [-0.1, -0.05) is 32.9 Å². The van der Waals surface area contributed by atoms with E-state index in [1.54, 1.807) is 0 Å². The number of ether oxygens (including phenoxy) is 1. The number of aliphatic hydroxyl groups excluding tert-OH is 1. The molecule has 5 heteroatoms. The van der Waals surface area contributed by atoms with E-state index in [1.165, 1.54) is 0 Å². The van der Waals surface area contributed by atoms with Gasteiger partial charge in [-0.2, -0.15) is 0 Å². The lowest BCUT2D eigenvalue weighted by Gasteiger charge is -2.15. The molecule has 1 aromatic carbocycles. The van der Waals surface area contributed by atoms with Crippen LogP contribution in [0.15, 0.2) is 24.3 Å². The van der Waals surface area contributed by atoms with Crippen molar-refractivity contribution in [1.29, 1.82) is 0 Å². The zero-order valence-electron chi connectivity index (χ0n) is 13.1. The van der Waals surface area contributed by atoms with Gasteiger partial charge in [0.25, 0.3) is 0 Å². The van der Waals surface area contributed by atoms with Crippen molar-refractivity contribution in [3.63, 3.8) is 0 Å². The first kappa shape index (κ1) is 17.3. The predicted molar refractivity (Wildman–Crippen MR) is 83.3 cm³/mol. The lowest BCUT2D eigenvalue weighted by molar-refractivity contribution is 0.214. The minimum absolute atomic E-state index is 0.0531. The second-order valence-corrected chi connectivity index (χ2v) is 5.47. The number of urea groups is 1. The summed E-state index contributed by atoms with van der Waals surface area (Å²) >= 11 is 0. The minimum Gasteiger partial charge on any atom is -0.493 e. The van der Waals surface area contributed by atoms with Gasteiger partial charge in [0.15, 0.2) is 0 Å². The maximum atomic E-state index is 11.7. The number of nitrogens with one attached hydrogen (secondary N) is 2. The summed E-state index contributed by atoms with van der Waals surface area (Å²) in [4.78, 5) is 11.7. The van der Waals surface area contributed by atoms with Gasteiger partial charge in [0.05, 0.1) is 19.3 Å². The molecule has 0 saturated heterocycles. The average Bonchev–Trinajstić information content (AvgIpc) is 2.49. The number of carbonyl (C=O) groups is 1. The highest BCUT2D eigenvalue weighted by atomic mass is 16.5. The van der Waals surface area contributed by atoms with Crippen LogP contribution in [0.1, 0.15) is 32.8 Å². The third-order valence-electron chi connectivity index (χ3n) is 2.98. The highest BCUT2D eigenvalue weighted by Crippen LogP contribution is 2.14. The molecule has 1 rings (SSSR count). The van der Waals surface area contributed by atoms with Crippen molar-refractivity contribution in [2.75, 3.05) is 13.2 Å². The van der Waals surface area contributed by atoms with E-state index < -0.39 is 0 Å². The molecule has 1 aromatic rings. The lowest BCUT2D eigenvalue weighted by atomic mass is 10.2. The van der Waals surface area contributed by atoms with Crippen molar-refractivity contribution in [3.8, 4) is 5.75 Å². The van der Waals surface area contributed by atoms with Gasteiger partial charge in [-0.15, -0.1) is 0 Å². The predicted octanol–water partition coefficient (Wildman–Crippen LogP) is 2.29. The molecule has 0 heterocycles. The molecule has 21 heavy (non-hydrogen) atoms. The molecule has 0 aliphatic carbocycles. The molecule has 0 bridgehead atoms. The van der Waals surface area contributed by atoms with Crippen LogP contribution in [-0.4, -0.2) is 30.4 Å². The second-order valence-electron chi connectivity index (χ2n) is 5.47. The number of amides is 2. The summed E-state index contributed by atoms with van der Waals surface area (Å²) in [7, 11) is 0. The van der Waals surface area contributed by atoms with Crippen molar-refractivity contribution >= 4 is 6.03 Å². The highest BCUT2D eigenvalue weighted by Gasteiger charge is 2.08. The molecule has 1 atom stereocenters. The summed E-state index contributed by atoms with van der Waals surface area (Å²) in [6.07, 6.45) is 0.697. The molecule has 3 N–H and O–H groups in total. The van der Waals surface area contributed by atoms with Gasteiger partial charge in [-0.05, 0) is 30.0 Å². The summed E-state index contributed by atoms with van der Waals surface area (Å²) in [6, 6.07) is 7.20. The Labute approximate surface area is 126 Å². The van der Waals surface area contributed by atoms with Crippen LogP contribution in [0.2, 0.25) is 0 Å². The maximum Gasteiger partial charge on any atom is 0.315 e. The fraction of sp³-hybridized carbons (Fsp3) is 0.562. The van der Waals surface area contributed by atoms with Crippen LogP contribution in [0, 0.1) is 5.92 Å². The number of rotatable bonds is 8. The van der Waals surface area contributed by atoms with Crippen molar-refractivity contribution in [1.82, 2.24) is 10.6 Å². The smallest absolute Gasteiger partial charge is 0.315 e. The van der Waals surface area contributed by atoms with Gasteiger partial charge in [-0.25, -0.2) is 4.79 Å². The van der Waals surface area contributed by atoms with Gasteiger partial charge in [-0.3, -0.25) is 0 Å². The van der Waals surface area contributed by atoms with Crippen molar-refractivity contribution < 1.29 is 14.6 Å². The Balaban J connectivity index is 2.44. The Kier molecular flexibility index (Phi) is 7.61. The number of hydrogen-bond donors (Lipinski definition) is 3. The highest BCUT2D eigenvalue weighted by molar-refractivity contribution is 5.74. The molecule has 0 spiro atoms. The summed E-state index contributed by atoms with van der Waals surface area (Å²) in [5, 5.41) is 14.5. The topological polar surface area (TPSA) is 70.6 Å². The van der Waals surface area contributed by atoms with E-state index in [-0.39, 0.29) is 18.7 Å². The van der Waals surface area contributed by atoms with E-state index in [2.05, 4.69) is 24.5 Å². The van der Waals surface area contributed by atoms with E-state index in [9.17, 15) is 4.79 Å². The molecule has 0 radical (unpaired) electrons. The summed E-state index contributed by atoms with van der Waals surface area (Å²) < 4.78 is 5.65. The Bertz CT molecular complexity index is 431. The second kappa shape index (κ2) is 9.23. The van der Waals surface area contributed by atoms with Crippen LogP contribution in [0.4, 0.5) is 4.79 Å². The van der Waals surface area contributed by atoms with E-state index in [4.69, 9.17) is 9.84 Å². The molecule has 0 fully saturated rings. The number of carbonyl (C=O) groups excluding carboxylic acids is 1. The van der Waals surface area contributed by atoms with Crippen LogP contribution in [0.3, 0.4) is 0 Å². The molecule has 5 nitrogen and oxygen atoms in total. The normalized spacial score (nSPS) is 12.0. The van der Waals surface area contributed by atoms with Gasteiger partial charge in [0, 0.05) is 6.54 Å². The summed E-state index contributed by atoms with van der Waals surface area (Å²) in [6.45, 7) is 7.15. The van der Waals surface area contributed by atoms with Crippen LogP contribution in [0.5, 0.6) is 5.75 Å². The van der Waals surface area contributed by atoms with E-state index in [0.29, 0.717) is 25.5 Å². The first-order valence-corrected chi connectivity index (χ1v) is 7.42. The van der Waals surface area contributed by atoms with Crippen molar-refractivity contribution in [2.24, 2.45) is 5.92 Å². The van der Waals surface area contributed by atoms with Crippen LogP contribution < -0.4 is 15.4 Å². The van der Waals surface area contributed by atoms with Gasteiger partial charge >= 0.3 is 6.03 Å². The molecule has 0 saturated carbocycles. The third kappa shape index (κ3) is 6.99. The van der Waals surface area contributed by atoms with Gasteiger partial charge < -0.3 is 20.5 Å². The van der Waals surface area contributed by atoms with Crippen LogP contribution >= 0.6 is 0 Å². The summed E-state index contributed by atoms with van der Waals surface area (Å²) in [5.74, 6) is 1.28. The van der Waals surface area contributed by atoms with E-state index in [0.717, 1.165) is 11.3 Å². The maximum absolute atomic E-state index is 11.7. The largest absolute Gasteiger partial charge is 0.493 e. The summed E-state index contributed by atoms with van der Waals surface area (Å²) in [5.41, 5.74) is 0.975. The number of benzene rings is 1. The van der Waals surface area contributed by atoms with E-state index >= 15 is 0 Å². The number of hydrogen-bond acceptors (Lipinski definition) is 3. The van der Waals surface area contributed by atoms with Crippen LogP contribution in [0.25, 0.3) is 0 Å². The molecule has 1 unspecified atom stereocenters. The standard InChI is InChI=1S/C16H26N2O3/c1-4-14(10-19)18-16(20)17-9-13-6-5-7-15(8-13)21-11-12(2)3/h5-8,12,14,19H,4,9-11H2,1-3H3,(H2,17,18,20). The minimum atomic E-state index is -0.274. The Morgan fingerprint density at radius 1 is 1.38 bits per heavy atom. The molecular weight excluding hydrogens is 268 g/mol. The first-order valence-electron chi connectivity index (χ1n) is 7.42. The molecule has 0 aliphatic heterocycles. The Morgan fingerprint density at radius 2 is 2.14 bits per heavy atom. The molecule has 2 amide bonds. The van der Waals surface area contributed by atoms with Crippen LogP contribution in [-0.2, 0) is 6.54 Å². The Morgan fingerprint density at radius 3 is 2.76 bits per heavy atom. The van der Waals surface area contributed by atoms with Crippen molar-refractivity contribution in [2.45, 2.75) is 39.8 Å². The number of aliphatic hydroxyl groups is 1. The monoisotopic (exact) mass is 294 g/mol.